The maximum absolute atomic E-state index is 2.74. The van der Waals surface area contributed by atoms with E-state index < -0.39 is 0 Å². The van der Waals surface area contributed by atoms with Gasteiger partial charge in [0.1, 0.15) is 0 Å². The number of unbranched alkanes of at least 4 members (excludes halogenated alkanes) is 15. The predicted octanol–water partition coefficient (Wildman–Crippen LogP) is 13.2. The molecule has 2 unspecified atom stereocenters. The summed E-state index contributed by atoms with van der Waals surface area (Å²) < 4.78 is 0. The van der Waals surface area contributed by atoms with Gasteiger partial charge >= 0.3 is 0 Å². The zero-order valence-corrected chi connectivity index (χ0v) is 28.9. The molecule has 0 N–H and O–H groups in total. The summed E-state index contributed by atoms with van der Waals surface area (Å²) in [6.07, 6.45) is 30.5. The van der Waals surface area contributed by atoms with E-state index in [0.29, 0.717) is 6.04 Å². The Bertz CT molecular complexity index is 1040. The van der Waals surface area contributed by atoms with Crippen LogP contribution in [0.5, 0.6) is 0 Å². The first-order chi connectivity index (χ1) is 21.2. The second kappa shape index (κ2) is 18.4. The molecule has 2 atom stereocenters. The molecule has 4 rings (SSSR count). The van der Waals surface area contributed by atoms with Gasteiger partial charge in [0.2, 0.25) is 0 Å². The molecule has 1 heterocycles. The highest BCUT2D eigenvalue weighted by Gasteiger charge is 2.43. The van der Waals surface area contributed by atoms with Crippen LogP contribution in [0.2, 0.25) is 0 Å². The Kier molecular flexibility index (Phi) is 14.7. The lowest BCUT2D eigenvalue weighted by molar-refractivity contribution is 0.265. The molecule has 2 aliphatic rings. The third kappa shape index (κ3) is 8.99. The average Bonchev–Trinajstić information content (AvgIpc) is 3.53. The molecule has 1 aliphatic heterocycles. The summed E-state index contributed by atoms with van der Waals surface area (Å²) in [5.41, 5.74) is 8.22. The molecule has 240 valence electrons. The van der Waals surface area contributed by atoms with Gasteiger partial charge < -0.3 is 0 Å². The van der Waals surface area contributed by atoms with Gasteiger partial charge in [-0.15, -0.1) is 0 Å². The first-order valence-corrected chi connectivity index (χ1v) is 19.1. The van der Waals surface area contributed by atoms with Gasteiger partial charge in [-0.25, -0.2) is 0 Å². The van der Waals surface area contributed by atoms with Gasteiger partial charge in [-0.3, -0.25) is 4.90 Å². The topological polar surface area (TPSA) is 3.24 Å². The van der Waals surface area contributed by atoms with E-state index in [0.717, 1.165) is 5.92 Å². The molecule has 1 nitrogen and oxygen atoms in total. The smallest absolute Gasteiger partial charge is 0.0373 e. The number of hydrogen-bond donors (Lipinski definition) is 0. The van der Waals surface area contributed by atoms with Gasteiger partial charge in [0, 0.05) is 11.5 Å². The largest absolute Gasteiger partial charge is 0.299 e. The monoisotopic (exact) mass is 586 g/mol. The minimum absolute atomic E-state index is 0.198. The third-order valence-electron chi connectivity index (χ3n) is 11.3. The van der Waals surface area contributed by atoms with E-state index in [9.17, 15) is 0 Å². The summed E-state index contributed by atoms with van der Waals surface area (Å²) in [5.74, 6) is 0.810. The summed E-state index contributed by atoms with van der Waals surface area (Å²) >= 11 is 0. The van der Waals surface area contributed by atoms with E-state index in [4.69, 9.17) is 0 Å². The summed E-state index contributed by atoms with van der Waals surface area (Å²) in [6, 6.07) is 17.9. The van der Waals surface area contributed by atoms with Crippen LogP contribution in [-0.4, -0.2) is 18.5 Å². The molecule has 43 heavy (non-hydrogen) atoms. The van der Waals surface area contributed by atoms with Crippen LogP contribution in [0.1, 0.15) is 185 Å². The SMILES string of the molecule is CCCCCCCCC1CCN(C)C1c1ccc2c(c1)C(CCCCCCCC)(CCCCCCCC)c1ccccc1-2. The minimum atomic E-state index is 0.198. The number of benzene rings is 2. The second-order valence-corrected chi connectivity index (χ2v) is 14.5. The van der Waals surface area contributed by atoms with Gasteiger partial charge in [0.05, 0.1) is 0 Å². The quantitative estimate of drug-likeness (QED) is 0.124. The van der Waals surface area contributed by atoms with Crippen molar-refractivity contribution < 1.29 is 0 Å². The lowest BCUT2D eigenvalue weighted by atomic mass is 9.70. The molecule has 0 aromatic heterocycles. The van der Waals surface area contributed by atoms with Gasteiger partial charge in [-0.1, -0.05) is 179 Å². The lowest BCUT2D eigenvalue weighted by Crippen LogP contribution is -2.27. The molecule has 0 radical (unpaired) electrons. The summed E-state index contributed by atoms with van der Waals surface area (Å²) in [4.78, 5) is 2.69. The highest BCUT2D eigenvalue weighted by Crippen LogP contribution is 2.55. The Balaban J connectivity index is 1.57. The fraction of sp³-hybridized carbons (Fsp3) is 0.714. The third-order valence-corrected chi connectivity index (χ3v) is 11.3. The van der Waals surface area contributed by atoms with E-state index in [1.165, 1.54) is 153 Å². The number of likely N-dealkylation sites (tertiary alicyclic amines) is 1. The molecule has 0 saturated carbocycles. The molecule has 2 aromatic carbocycles. The van der Waals surface area contributed by atoms with Crippen LogP contribution in [0.15, 0.2) is 42.5 Å². The van der Waals surface area contributed by atoms with Crippen LogP contribution < -0.4 is 0 Å². The summed E-state index contributed by atoms with van der Waals surface area (Å²) in [6.45, 7) is 8.24. The van der Waals surface area contributed by atoms with Crippen molar-refractivity contribution in [2.24, 2.45) is 5.92 Å². The number of rotatable bonds is 22. The van der Waals surface area contributed by atoms with Crippen LogP contribution in [0, 0.1) is 5.92 Å². The van der Waals surface area contributed by atoms with Crippen LogP contribution in [-0.2, 0) is 5.41 Å². The van der Waals surface area contributed by atoms with Crippen molar-refractivity contribution in [3.05, 3.63) is 59.2 Å². The predicted molar refractivity (Wildman–Crippen MR) is 190 cm³/mol. The Hall–Kier alpha value is -1.60. The minimum Gasteiger partial charge on any atom is -0.299 e. The maximum atomic E-state index is 2.74. The van der Waals surface area contributed by atoms with Crippen molar-refractivity contribution >= 4 is 0 Å². The van der Waals surface area contributed by atoms with E-state index in [2.05, 4.69) is 75.2 Å². The molecule has 1 heteroatoms. The van der Waals surface area contributed by atoms with E-state index in [-0.39, 0.29) is 5.41 Å². The Morgan fingerprint density at radius 1 is 0.605 bits per heavy atom. The van der Waals surface area contributed by atoms with E-state index >= 15 is 0 Å². The van der Waals surface area contributed by atoms with Crippen molar-refractivity contribution in [3.63, 3.8) is 0 Å². The van der Waals surface area contributed by atoms with Crippen molar-refractivity contribution in [1.29, 1.82) is 0 Å². The zero-order chi connectivity index (χ0) is 30.3. The zero-order valence-electron chi connectivity index (χ0n) is 28.9. The first-order valence-electron chi connectivity index (χ1n) is 19.1. The molecule has 1 fully saturated rings. The van der Waals surface area contributed by atoms with Gasteiger partial charge in [-0.05, 0) is 73.0 Å². The number of nitrogens with zero attached hydrogens (tertiary/aromatic N) is 1. The fourth-order valence-electron chi connectivity index (χ4n) is 8.78. The Labute approximate surface area is 267 Å². The number of hydrogen-bond acceptors (Lipinski definition) is 1. The van der Waals surface area contributed by atoms with Crippen LogP contribution in [0.4, 0.5) is 0 Å². The van der Waals surface area contributed by atoms with Crippen LogP contribution in [0.25, 0.3) is 11.1 Å². The van der Waals surface area contributed by atoms with Gasteiger partial charge in [0.25, 0.3) is 0 Å². The molecule has 1 aliphatic carbocycles. The molecule has 0 bridgehead atoms. The maximum Gasteiger partial charge on any atom is 0.0373 e. The molecule has 0 amide bonds. The second-order valence-electron chi connectivity index (χ2n) is 14.5. The molecular weight excluding hydrogens is 518 g/mol. The van der Waals surface area contributed by atoms with Crippen molar-refractivity contribution in [2.45, 2.75) is 173 Å². The Morgan fingerprint density at radius 2 is 1.14 bits per heavy atom. The average molecular weight is 586 g/mol. The van der Waals surface area contributed by atoms with Crippen molar-refractivity contribution in [1.82, 2.24) is 4.90 Å². The molecule has 0 spiro atoms. The van der Waals surface area contributed by atoms with E-state index in [1.54, 1.807) is 22.3 Å². The molecule has 1 saturated heterocycles. The van der Waals surface area contributed by atoms with Gasteiger partial charge in [0.15, 0.2) is 0 Å². The lowest BCUT2D eigenvalue weighted by Gasteiger charge is -2.34. The summed E-state index contributed by atoms with van der Waals surface area (Å²) in [7, 11) is 2.40. The normalized spacial score (nSPS) is 19.2. The van der Waals surface area contributed by atoms with Crippen LogP contribution >= 0.6 is 0 Å². The Morgan fingerprint density at radius 3 is 1.77 bits per heavy atom. The fourth-order valence-corrected chi connectivity index (χ4v) is 8.78. The van der Waals surface area contributed by atoms with Crippen molar-refractivity contribution in [2.75, 3.05) is 13.6 Å². The molecule has 2 aromatic rings. The first kappa shape index (κ1) is 34.3. The van der Waals surface area contributed by atoms with Gasteiger partial charge in [-0.2, -0.15) is 0 Å². The summed E-state index contributed by atoms with van der Waals surface area (Å²) in [5, 5.41) is 0. The standard InChI is InChI=1S/C42H67N/c1-5-8-11-14-17-20-25-35-30-33-43(4)41(35)36-28-29-38-37-26-21-22-27-39(37)42(40(38)34-36,31-23-18-15-12-9-6-2)32-24-19-16-13-10-7-3/h21-22,26-29,34-35,41H,5-20,23-25,30-33H2,1-4H3. The van der Waals surface area contributed by atoms with Crippen LogP contribution in [0.3, 0.4) is 0 Å². The number of fused-ring (bicyclic) bond motifs is 3. The molecular formula is C42H67N. The highest BCUT2D eigenvalue weighted by molar-refractivity contribution is 5.81. The van der Waals surface area contributed by atoms with Crippen molar-refractivity contribution in [3.8, 4) is 11.1 Å². The highest BCUT2D eigenvalue weighted by atomic mass is 15.2. The van der Waals surface area contributed by atoms with E-state index in [1.807, 2.05) is 0 Å².